The molecule has 1 aliphatic heterocycles. The lowest BCUT2D eigenvalue weighted by atomic mass is 9.85. The van der Waals surface area contributed by atoms with Gasteiger partial charge in [-0.25, -0.2) is 4.79 Å². The van der Waals surface area contributed by atoms with Crippen LogP contribution in [0.5, 0.6) is 0 Å². The molecule has 2 fully saturated rings. The summed E-state index contributed by atoms with van der Waals surface area (Å²) in [6, 6.07) is -0.363. The van der Waals surface area contributed by atoms with Crippen molar-refractivity contribution in [2.75, 3.05) is 6.54 Å². The molecule has 1 saturated carbocycles. The van der Waals surface area contributed by atoms with Crippen molar-refractivity contribution < 1.29 is 14.3 Å². The quantitative estimate of drug-likeness (QED) is 0.839. The summed E-state index contributed by atoms with van der Waals surface area (Å²) in [4.78, 5) is 27.3. The summed E-state index contributed by atoms with van der Waals surface area (Å²) in [5, 5.41) is 2.81. The van der Waals surface area contributed by atoms with Gasteiger partial charge in [0.25, 0.3) is 0 Å². The van der Waals surface area contributed by atoms with Crippen LogP contribution in [0.2, 0.25) is 0 Å². The molecule has 0 aromatic rings. The summed E-state index contributed by atoms with van der Waals surface area (Å²) >= 11 is 0. The van der Waals surface area contributed by atoms with Gasteiger partial charge in [0.1, 0.15) is 11.6 Å². The number of piperidine rings is 1. The van der Waals surface area contributed by atoms with E-state index in [1.165, 1.54) is 0 Å². The van der Waals surface area contributed by atoms with E-state index in [-0.39, 0.29) is 17.4 Å². The molecule has 2 aliphatic rings. The number of carbonyl (C=O) groups is 2. The molecule has 0 spiro atoms. The minimum atomic E-state index is -0.588. The van der Waals surface area contributed by atoms with Gasteiger partial charge in [0.15, 0.2) is 0 Å². The summed E-state index contributed by atoms with van der Waals surface area (Å²) in [5.41, 5.74) is -0.621. The Morgan fingerprint density at radius 3 is 2.08 bits per heavy atom. The third kappa shape index (κ3) is 3.55. The highest BCUT2D eigenvalue weighted by Gasteiger charge is 2.66. The molecule has 1 saturated heterocycles. The molecule has 0 aromatic carbocycles. The summed E-state index contributed by atoms with van der Waals surface area (Å²) in [6.07, 6.45) is -0.534. The van der Waals surface area contributed by atoms with Gasteiger partial charge in [0.2, 0.25) is 5.91 Å². The van der Waals surface area contributed by atoms with Gasteiger partial charge in [-0.2, -0.15) is 0 Å². The van der Waals surface area contributed by atoms with Crippen molar-refractivity contribution >= 4 is 12.0 Å². The van der Waals surface area contributed by atoms with Crippen LogP contribution in [0.3, 0.4) is 0 Å². The maximum atomic E-state index is 13.1. The van der Waals surface area contributed by atoms with Crippen molar-refractivity contribution in [1.82, 2.24) is 10.2 Å². The van der Waals surface area contributed by atoms with Crippen molar-refractivity contribution in [2.45, 2.75) is 80.0 Å². The lowest BCUT2D eigenvalue weighted by molar-refractivity contribution is -0.138. The lowest BCUT2D eigenvalue weighted by Gasteiger charge is -2.37. The van der Waals surface area contributed by atoms with Gasteiger partial charge in [-0.05, 0) is 50.4 Å². The molecule has 0 bridgehead atoms. The van der Waals surface area contributed by atoms with Crippen molar-refractivity contribution in [1.29, 1.82) is 0 Å². The number of rotatable bonds is 2. The average molecular weight is 338 g/mol. The number of alkyl carbamates (subject to hydrolysis) is 1. The molecule has 138 valence electrons. The number of nitrogens with zero attached hydrogens (tertiary/aromatic N) is 1. The van der Waals surface area contributed by atoms with Gasteiger partial charge in [0, 0.05) is 12.6 Å². The molecule has 5 heteroatoms. The molecule has 0 aromatic heterocycles. The van der Waals surface area contributed by atoms with Crippen LogP contribution in [-0.4, -0.2) is 41.1 Å². The molecule has 5 nitrogen and oxygen atoms in total. The molecular formula is C19H34N2O3. The first-order valence-corrected chi connectivity index (χ1v) is 8.96. The number of amides is 2. The molecule has 4 atom stereocenters. The summed E-state index contributed by atoms with van der Waals surface area (Å²) < 4.78 is 5.35. The maximum Gasteiger partial charge on any atom is 0.408 e. The van der Waals surface area contributed by atoms with Crippen LogP contribution in [-0.2, 0) is 9.53 Å². The van der Waals surface area contributed by atoms with E-state index < -0.39 is 17.7 Å². The van der Waals surface area contributed by atoms with Crippen molar-refractivity contribution in [3.8, 4) is 0 Å². The van der Waals surface area contributed by atoms with Gasteiger partial charge in [-0.1, -0.05) is 34.6 Å². The Kier molecular flexibility index (Phi) is 4.48. The van der Waals surface area contributed by atoms with Crippen molar-refractivity contribution in [2.24, 2.45) is 22.7 Å². The maximum absolute atomic E-state index is 13.1. The second-order valence-electron chi connectivity index (χ2n) is 10.1. The Morgan fingerprint density at radius 2 is 1.71 bits per heavy atom. The molecular weight excluding hydrogens is 304 g/mol. The number of nitrogens with one attached hydrogen (secondary N) is 1. The highest BCUT2D eigenvalue weighted by molar-refractivity contribution is 5.87. The van der Waals surface area contributed by atoms with E-state index in [1.807, 2.05) is 46.4 Å². The predicted octanol–water partition coefficient (Wildman–Crippen LogP) is 3.43. The first-order chi connectivity index (χ1) is 10.7. The fourth-order valence-corrected chi connectivity index (χ4v) is 4.20. The molecule has 1 aliphatic carbocycles. The zero-order valence-electron chi connectivity index (χ0n) is 16.7. The Bertz CT molecular complexity index is 528. The van der Waals surface area contributed by atoms with Crippen LogP contribution in [0.4, 0.5) is 4.79 Å². The molecule has 1 heterocycles. The summed E-state index contributed by atoms with van der Waals surface area (Å²) in [5.74, 6) is 1.16. The normalized spacial score (nSPS) is 29.7. The van der Waals surface area contributed by atoms with Gasteiger partial charge < -0.3 is 15.0 Å². The van der Waals surface area contributed by atoms with Crippen LogP contribution in [0.1, 0.15) is 62.3 Å². The molecule has 1 N–H and O–H groups in total. The fourth-order valence-electron chi connectivity index (χ4n) is 4.20. The van der Waals surface area contributed by atoms with Crippen LogP contribution in [0.15, 0.2) is 0 Å². The largest absolute Gasteiger partial charge is 0.444 e. The van der Waals surface area contributed by atoms with E-state index >= 15 is 0 Å². The van der Waals surface area contributed by atoms with Crippen molar-refractivity contribution in [3.63, 3.8) is 0 Å². The topological polar surface area (TPSA) is 58.6 Å². The van der Waals surface area contributed by atoms with Crippen LogP contribution in [0, 0.1) is 22.7 Å². The number of fused-ring (bicyclic) bond motifs is 1. The molecule has 24 heavy (non-hydrogen) atoms. The molecule has 1 unspecified atom stereocenters. The molecule has 2 rings (SSSR count). The second-order valence-corrected chi connectivity index (χ2v) is 10.1. The third-order valence-corrected chi connectivity index (χ3v) is 5.60. The van der Waals surface area contributed by atoms with Crippen molar-refractivity contribution in [3.05, 3.63) is 0 Å². The first kappa shape index (κ1) is 19.1. The van der Waals surface area contributed by atoms with E-state index in [4.69, 9.17) is 4.74 Å². The number of likely N-dealkylation sites (tertiary alicyclic amines) is 1. The van der Waals surface area contributed by atoms with Gasteiger partial charge in [0.05, 0.1) is 0 Å². The number of ether oxygens (including phenoxy) is 1. The molecule has 0 radical (unpaired) electrons. The first-order valence-electron chi connectivity index (χ1n) is 8.96. The third-order valence-electron chi connectivity index (χ3n) is 5.60. The van der Waals surface area contributed by atoms with Crippen LogP contribution >= 0.6 is 0 Å². The lowest BCUT2D eigenvalue weighted by Crippen LogP contribution is -2.57. The predicted molar refractivity (Wildman–Crippen MR) is 94.5 cm³/mol. The highest BCUT2D eigenvalue weighted by Crippen LogP contribution is 2.64. The SMILES string of the molecule is C[C@@H]1[C@@H]2C(CN1C(=O)[C@@H](NC(=O)OC(C)(C)C)C(C)(C)C)C2(C)C. The standard InChI is InChI=1S/C19H34N2O3/c1-11-13-12(19(13,8)9)10-21(11)15(22)14(17(2,3)4)20-16(23)24-18(5,6)7/h11-14H,10H2,1-9H3,(H,20,23)/t11-,12?,13-,14-/m1/s1. The van der Waals surface area contributed by atoms with Crippen LogP contribution < -0.4 is 5.32 Å². The fraction of sp³-hybridized carbons (Fsp3) is 0.895. The zero-order valence-corrected chi connectivity index (χ0v) is 16.7. The Labute approximate surface area is 146 Å². The highest BCUT2D eigenvalue weighted by atomic mass is 16.6. The average Bonchev–Trinajstić information content (AvgIpc) is 2.71. The van der Waals surface area contributed by atoms with Gasteiger partial charge in [-0.3, -0.25) is 4.79 Å². The van der Waals surface area contributed by atoms with Gasteiger partial charge in [-0.15, -0.1) is 0 Å². The van der Waals surface area contributed by atoms with E-state index in [0.717, 1.165) is 6.54 Å². The molecule has 2 amide bonds. The Morgan fingerprint density at radius 1 is 1.17 bits per heavy atom. The summed E-state index contributed by atoms with van der Waals surface area (Å²) in [7, 11) is 0. The number of carbonyl (C=O) groups excluding carboxylic acids is 2. The Hall–Kier alpha value is -1.26. The minimum Gasteiger partial charge on any atom is -0.444 e. The van der Waals surface area contributed by atoms with E-state index in [0.29, 0.717) is 17.3 Å². The summed E-state index contributed by atoms with van der Waals surface area (Å²) in [6.45, 7) is 18.8. The number of hydrogen-bond acceptors (Lipinski definition) is 3. The smallest absolute Gasteiger partial charge is 0.408 e. The minimum absolute atomic E-state index is 0.00357. The monoisotopic (exact) mass is 338 g/mol. The van der Waals surface area contributed by atoms with Gasteiger partial charge >= 0.3 is 6.09 Å². The Balaban J connectivity index is 2.09. The van der Waals surface area contributed by atoms with Crippen LogP contribution in [0.25, 0.3) is 0 Å². The zero-order chi connectivity index (χ0) is 18.7. The second kappa shape index (κ2) is 5.63. The van der Waals surface area contributed by atoms with E-state index in [9.17, 15) is 9.59 Å². The van der Waals surface area contributed by atoms with E-state index in [1.54, 1.807) is 0 Å². The van der Waals surface area contributed by atoms with E-state index in [2.05, 4.69) is 26.1 Å². The number of hydrogen-bond donors (Lipinski definition) is 1.